The summed E-state index contributed by atoms with van der Waals surface area (Å²) in [4.78, 5) is 15.3. The van der Waals surface area contributed by atoms with E-state index in [2.05, 4.69) is 4.98 Å². The number of methoxy groups -OCH3 is 1. The number of benzene rings is 1. The number of carbonyl (C=O) groups is 1. The van der Waals surface area contributed by atoms with Crippen LogP contribution in [0.3, 0.4) is 0 Å². The van der Waals surface area contributed by atoms with Crippen LogP contribution in [-0.4, -0.2) is 23.2 Å². The molecule has 98 valence electrons. The van der Waals surface area contributed by atoms with Crippen LogP contribution in [0.25, 0.3) is 0 Å². The van der Waals surface area contributed by atoms with Gasteiger partial charge >= 0.3 is 5.97 Å². The molecule has 19 heavy (non-hydrogen) atoms. The van der Waals surface area contributed by atoms with Crippen LogP contribution in [0.15, 0.2) is 48.8 Å². The van der Waals surface area contributed by atoms with Crippen molar-refractivity contribution < 1.29 is 14.6 Å². The third-order valence-corrected chi connectivity index (χ3v) is 3.01. The first kappa shape index (κ1) is 13.1. The Morgan fingerprint density at radius 3 is 2.37 bits per heavy atom. The Hall–Kier alpha value is -2.36. The number of ether oxygens (including phenoxy) is 1. The number of rotatable bonds is 5. The fraction of sp³-hybridized carbons (Fsp3) is 0.200. The van der Waals surface area contributed by atoms with Crippen LogP contribution in [0.4, 0.5) is 0 Å². The summed E-state index contributed by atoms with van der Waals surface area (Å²) in [6.45, 7) is 0. The van der Waals surface area contributed by atoms with Gasteiger partial charge in [-0.15, -0.1) is 0 Å². The minimum Gasteiger partial charge on any atom is -0.497 e. The second kappa shape index (κ2) is 6.00. The fourth-order valence-electron chi connectivity index (χ4n) is 1.94. The van der Waals surface area contributed by atoms with Gasteiger partial charge in [-0.25, -0.2) is 0 Å². The van der Waals surface area contributed by atoms with Crippen molar-refractivity contribution in [3.05, 3.63) is 59.9 Å². The summed E-state index contributed by atoms with van der Waals surface area (Å²) in [6, 6.07) is 10.8. The molecule has 0 aliphatic heterocycles. The lowest BCUT2D eigenvalue weighted by molar-refractivity contribution is -0.138. The van der Waals surface area contributed by atoms with Crippen molar-refractivity contribution in [2.45, 2.75) is 12.3 Å². The summed E-state index contributed by atoms with van der Waals surface area (Å²) in [7, 11) is 1.58. The molecule has 0 fully saturated rings. The van der Waals surface area contributed by atoms with Crippen molar-refractivity contribution in [3.8, 4) is 5.75 Å². The van der Waals surface area contributed by atoms with E-state index >= 15 is 0 Å². The van der Waals surface area contributed by atoms with Gasteiger partial charge in [0.05, 0.1) is 13.0 Å². The van der Waals surface area contributed by atoms with Crippen molar-refractivity contribution in [1.82, 2.24) is 4.98 Å². The van der Waals surface area contributed by atoms with Crippen molar-refractivity contribution in [2.24, 2.45) is 0 Å². The van der Waals surface area contributed by atoms with Crippen molar-refractivity contribution in [2.75, 3.05) is 7.11 Å². The SMILES string of the molecule is COc1ccc(C(Cc2ccncc2)C(=O)O)cc1. The fourth-order valence-corrected chi connectivity index (χ4v) is 1.94. The molecule has 0 amide bonds. The molecule has 2 aromatic rings. The lowest BCUT2D eigenvalue weighted by Crippen LogP contribution is -2.14. The quantitative estimate of drug-likeness (QED) is 0.894. The predicted octanol–water partition coefficient (Wildman–Crippen LogP) is 2.50. The molecule has 0 aliphatic carbocycles. The lowest BCUT2D eigenvalue weighted by atomic mass is 9.92. The van der Waals surface area contributed by atoms with Crippen LogP contribution in [0.2, 0.25) is 0 Å². The Labute approximate surface area is 111 Å². The molecule has 0 radical (unpaired) electrons. The van der Waals surface area contributed by atoms with Crippen LogP contribution < -0.4 is 4.74 Å². The number of pyridine rings is 1. The van der Waals surface area contributed by atoms with E-state index < -0.39 is 11.9 Å². The van der Waals surface area contributed by atoms with Crippen molar-refractivity contribution >= 4 is 5.97 Å². The second-order valence-electron chi connectivity index (χ2n) is 4.22. The van der Waals surface area contributed by atoms with Crippen LogP contribution >= 0.6 is 0 Å². The highest BCUT2D eigenvalue weighted by atomic mass is 16.5. The largest absolute Gasteiger partial charge is 0.497 e. The van der Waals surface area contributed by atoms with Gasteiger partial charge in [-0.05, 0) is 41.8 Å². The minimum atomic E-state index is -0.832. The molecule has 4 nitrogen and oxygen atoms in total. The maximum absolute atomic E-state index is 11.4. The summed E-state index contributed by atoms with van der Waals surface area (Å²) in [5.74, 6) is -0.674. The Morgan fingerprint density at radius 1 is 1.21 bits per heavy atom. The van der Waals surface area contributed by atoms with Gasteiger partial charge in [-0.1, -0.05) is 12.1 Å². The van der Waals surface area contributed by atoms with Gasteiger partial charge in [0.1, 0.15) is 5.75 Å². The topological polar surface area (TPSA) is 59.4 Å². The summed E-state index contributed by atoms with van der Waals surface area (Å²) in [6.07, 6.45) is 3.79. The molecule has 1 aromatic heterocycles. The van der Waals surface area contributed by atoms with Crippen LogP contribution in [-0.2, 0) is 11.2 Å². The molecule has 0 saturated heterocycles. The molecule has 0 spiro atoms. The van der Waals surface area contributed by atoms with E-state index in [0.717, 1.165) is 16.9 Å². The monoisotopic (exact) mass is 257 g/mol. The lowest BCUT2D eigenvalue weighted by Gasteiger charge is -2.13. The van der Waals surface area contributed by atoms with Gasteiger partial charge in [0.2, 0.25) is 0 Å². The Morgan fingerprint density at radius 2 is 1.84 bits per heavy atom. The molecule has 2 rings (SSSR count). The van der Waals surface area contributed by atoms with Crippen LogP contribution in [0, 0.1) is 0 Å². The van der Waals surface area contributed by atoms with Gasteiger partial charge in [0.15, 0.2) is 0 Å². The van der Waals surface area contributed by atoms with E-state index in [9.17, 15) is 9.90 Å². The Kier molecular flexibility index (Phi) is 4.13. The first-order valence-electron chi connectivity index (χ1n) is 5.96. The maximum Gasteiger partial charge on any atom is 0.311 e. The van der Waals surface area contributed by atoms with Gasteiger partial charge in [-0.3, -0.25) is 9.78 Å². The first-order valence-corrected chi connectivity index (χ1v) is 5.96. The zero-order valence-electron chi connectivity index (χ0n) is 10.6. The number of carboxylic acid groups (broad SMARTS) is 1. The van der Waals surface area contributed by atoms with Crippen LogP contribution in [0.1, 0.15) is 17.0 Å². The number of nitrogens with zero attached hydrogens (tertiary/aromatic N) is 1. The summed E-state index contributed by atoms with van der Waals surface area (Å²) >= 11 is 0. The molecule has 0 bridgehead atoms. The number of aliphatic carboxylic acids is 1. The molecule has 1 N–H and O–H groups in total. The van der Waals surface area contributed by atoms with E-state index in [4.69, 9.17) is 4.74 Å². The third kappa shape index (κ3) is 3.31. The number of aromatic nitrogens is 1. The van der Waals surface area contributed by atoms with E-state index in [0.29, 0.717) is 6.42 Å². The zero-order chi connectivity index (χ0) is 13.7. The zero-order valence-corrected chi connectivity index (χ0v) is 10.6. The number of carboxylic acids is 1. The van der Waals surface area contributed by atoms with E-state index in [1.54, 1.807) is 43.8 Å². The van der Waals surface area contributed by atoms with Gasteiger partial charge < -0.3 is 9.84 Å². The predicted molar refractivity (Wildman–Crippen MR) is 71.3 cm³/mol. The highest BCUT2D eigenvalue weighted by Gasteiger charge is 2.20. The minimum absolute atomic E-state index is 0.449. The number of hydrogen-bond acceptors (Lipinski definition) is 3. The van der Waals surface area contributed by atoms with Crippen molar-refractivity contribution in [1.29, 1.82) is 0 Å². The van der Waals surface area contributed by atoms with Gasteiger partial charge in [-0.2, -0.15) is 0 Å². The Bertz CT molecular complexity index is 537. The third-order valence-electron chi connectivity index (χ3n) is 3.01. The van der Waals surface area contributed by atoms with Gasteiger partial charge in [0, 0.05) is 12.4 Å². The van der Waals surface area contributed by atoms with Crippen molar-refractivity contribution in [3.63, 3.8) is 0 Å². The molecule has 1 unspecified atom stereocenters. The highest BCUT2D eigenvalue weighted by molar-refractivity contribution is 5.76. The Balaban J connectivity index is 2.22. The molecule has 1 atom stereocenters. The van der Waals surface area contributed by atoms with E-state index in [1.165, 1.54) is 0 Å². The smallest absolute Gasteiger partial charge is 0.311 e. The van der Waals surface area contributed by atoms with Crippen LogP contribution in [0.5, 0.6) is 5.75 Å². The molecule has 1 aromatic carbocycles. The van der Waals surface area contributed by atoms with E-state index in [-0.39, 0.29) is 0 Å². The normalized spacial score (nSPS) is 11.8. The average Bonchev–Trinajstić information content (AvgIpc) is 2.46. The molecule has 1 heterocycles. The maximum atomic E-state index is 11.4. The standard InChI is InChI=1S/C15H15NO3/c1-19-13-4-2-12(3-5-13)14(15(17)18)10-11-6-8-16-9-7-11/h2-9,14H,10H2,1H3,(H,17,18). The van der Waals surface area contributed by atoms with Gasteiger partial charge in [0.25, 0.3) is 0 Å². The highest BCUT2D eigenvalue weighted by Crippen LogP contribution is 2.23. The summed E-state index contributed by atoms with van der Waals surface area (Å²) < 4.78 is 5.07. The average molecular weight is 257 g/mol. The number of hydrogen-bond donors (Lipinski definition) is 1. The summed E-state index contributed by atoms with van der Waals surface area (Å²) in [5, 5.41) is 9.37. The molecular formula is C15H15NO3. The molecule has 0 saturated carbocycles. The summed E-state index contributed by atoms with van der Waals surface area (Å²) in [5.41, 5.74) is 1.73. The first-order chi connectivity index (χ1) is 9.20. The van der Waals surface area contributed by atoms with E-state index in [1.807, 2.05) is 12.1 Å². The molecule has 4 heteroatoms. The molecular weight excluding hydrogens is 242 g/mol. The molecule has 0 aliphatic rings. The second-order valence-corrected chi connectivity index (χ2v) is 4.22.